The maximum atomic E-state index is 12.0. The predicted molar refractivity (Wildman–Crippen MR) is 156 cm³/mol. The molecule has 0 atom stereocenters. The first kappa shape index (κ1) is 23.4. The van der Waals surface area contributed by atoms with Gasteiger partial charge in [0, 0.05) is 38.4 Å². The van der Waals surface area contributed by atoms with E-state index >= 15 is 0 Å². The van der Waals surface area contributed by atoms with Crippen molar-refractivity contribution in [3.05, 3.63) is 57.2 Å². The summed E-state index contributed by atoms with van der Waals surface area (Å²) in [5, 5.41) is 0. The molecule has 30 heavy (non-hydrogen) atoms. The minimum atomic E-state index is 0.162. The largest absolute Gasteiger partial charge is 0.295 e. The Labute approximate surface area is 220 Å². The molecular weight excluding hydrogens is 565 g/mol. The van der Waals surface area contributed by atoms with Crippen molar-refractivity contribution in [2.24, 2.45) is 0 Å². The molecule has 0 aromatic rings. The smallest absolute Gasteiger partial charge is 0.157 e. The zero-order valence-corrected chi connectivity index (χ0v) is 24.1. The first-order chi connectivity index (χ1) is 14.6. The van der Waals surface area contributed by atoms with E-state index in [1.165, 1.54) is 58.2 Å². The van der Waals surface area contributed by atoms with Gasteiger partial charge in [-0.3, -0.25) is 4.79 Å². The Morgan fingerprint density at radius 3 is 1.33 bits per heavy atom. The second kappa shape index (κ2) is 10.5. The highest BCUT2D eigenvalue weighted by atomic mass is 32.3. The van der Waals surface area contributed by atoms with E-state index in [1.807, 2.05) is 101 Å². The van der Waals surface area contributed by atoms with Gasteiger partial charge in [-0.15, -0.1) is 47.0 Å². The van der Waals surface area contributed by atoms with Crippen molar-refractivity contribution in [1.82, 2.24) is 0 Å². The first-order valence-corrected chi connectivity index (χ1v) is 17.9. The van der Waals surface area contributed by atoms with Gasteiger partial charge in [-0.25, -0.2) is 0 Å². The van der Waals surface area contributed by atoms with Crippen molar-refractivity contribution in [2.45, 2.75) is 13.8 Å². The maximum absolute atomic E-state index is 12.0. The molecule has 0 aromatic heterocycles. The fourth-order valence-corrected chi connectivity index (χ4v) is 17.3. The molecule has 158 valence electrons. The summed E-state index contributed by atoms with van der Waals surface area (Å²) in [6.07, 6.45) is 4.70. The van der Waals surface area contributed by atoms with Crippen molar-refractivity contribution in [3.8, 4) is 0 Å². The van der Waals surface area contributed by atoms with E-state index in [-0.39, 0.29) is 5.78 Å². The van der Waals surface area contributed by atoms with E-state index in [0.29, 0.717) is 0 Å². The quantitative estimate of drug-likeness (QED) is 0.297. The molecule has 5 heterocycles. The number of carbonyl (C=O) groups excluding carboxylic acids is 1. The molecular formula is C19H16OS10. The van der Waals surface area contributed by atoms with E-state index in [0.717, 1.165) is 9.81 Å². The number of hydrogen-bond donors (Lipinski definition) is 0. The van der Waals surface area contributed by atoms with Gasteiger partial charge in [0.2, 0.25) is 0 Å². The van der Waals surface area contributed by atoms with Crippen molar-refractivity contribution in [1.29, 1.82) is 0 Å². The van der Waals surface area contributed by atoms with Crippen LogP contribution in [0.25, 0.3) is 0 Å². The van der Waals surface area contributed by atoms with Crippen LogP contribution in [0.2, 0.25) is 0 Å². The minimum Gasteiger partial charge on any atom is -0.295 e. The SMILES string of the molecule is CC(=O)C(C)=C1SC(C=C2SC3=C(SCCS3)S2)=C(C=C2SC3=C(SCCS3)S2)S1. The lowest BCUT2D eigenvalue weighted by molar-refractivity contribution is -0.113. The number of ketones is 1. The normalized spacial score (nSPS) is 24.0. The van der Waals surface area contributed by atoms with E-state index in [2.05, 4.69) is 12.2 Å². The minimum absolute atomic E-state index is 0.162. The van der Waals surface area contributed by atoms with Crippen molar-refractivity contribution >= 4 is 123 Å². The molecule has 5 aliphatic rings. The van der Waals surface area contributed by atoms with Crippen LogP contribution in [0.4, 0.5) is 0 Å². The number of hydrogen-bond acceptors (Lipinski definition) is 11. The molecule has 0 fully saturated rings. The third-order valence-corrected chi connectivity index (χ3v) is 18.2. The standard InChI is InChI=1S/C19H16OS10/c1-9(10(2)20)15-25-11(7-13-27-16-17(28-13)22-4-3-21-16)12(26-15)8-14-29-18-19(30-14)24-6-5-23-18/h7-8H,3-6H2,1-2H3. The fraction of sp³-hybridized carbons (Fsp3) is 0.316. The number of Topliss-reactive ketones (excluding diaryl/α,β-unsaturated/α-hetero) is 1. The van der Waals surface area contributed by atoms with Crippen LogP contribution in [0, 0.1) is 0 Å². The molecule has 11 heteroatoms. The van der Waals surface area contributed by atoms with E-state index in [1.54, 1.807) is 30.4 Å². The van der Waals surface area contributed by atoms with Crippen LogP contribution in [-0.2, 0) is 4.79 Å². The average Bonchev–Trinajstić information content (AvgIpc) is 3.43. The second-order valence-electron chi connectivity index (χ2n) is 6.28. The van der Waals surface area contributed by atoms with E-state index in [4.69, 9.17) is 0 Å². The third-order valence-electron chi connectivity index (χ3n) is 4.19. The monoisotopic (exact) mass is 580 g/mol. The van der Waals surface area contributed by atoms with Gasteiger partial charge >= 0.3 is 0 Å². The topological polar surface area (TPSA) is 17.1 Å². The maximum Gasteiger partial charge on any atom is 0.157 e. The summed E-state index contributed by atoms with van der Waals surface area (Å²) >= 11 is 19.2. The summed E-state index contributed by atoms with van der Waals surface area (Å²) in [6, 6.07) is 0. The van der Waals surface area contributed by atoms with Gasteiger partial charge in [0.25, 0.3) is 0 Å². The number of allylic oxidation sites excluding steroid dienone is 3. The van der Waals surface area contributed by atoms with Crippen molar-refractivity contribution < 1.29 is 4.79 Å². The molecule has 0 N–H and O–H groups in total. The summed E-state index contributed by atoms with van der Waals surface area (Å²) in [6.45, 7) is 3.62. The molecule has 0 spiro atoms. The Kier molecular flexibility index (Phi) is 8.16. The molecule has 0 saturated heterocycles. The summed E-state index contributed by atoms with van der Waals surface area (Å²) in [5.41, 5.74) is 0.875. The summed E-state index contributed by atoms with van der Waals surface area (Å²) in [4.78, 5) is 14.6. The van der Waals surface area contributed by atoms with Gasteiger partial charge in [0.15, 0.2) is 5.78 Å². The molecule has 0 amide bonds. The van der Waals surface area contributed by atoms with Crippen LogP contribution < -0.4 is 0 Å². The Balaban J connectivity index is 1.42. The van der Waals surface area contributed by atoms with Crippen LogP contribution in [-0.4, -0.2) is 28.8 Å². The molecule has 0 bridgehead atoms. The second-order valence-corrected chi connectivity index (χ2v) is 18.8. The van der Waals surface area contributed by atoms with Crippen LogP contribution in [0.5, 0.6) is 0 Å². The Bertz CT molecular complexity index is 891. The summed E-state index contributed by atoms with van der Waals surface area (Å²) < 4.78 is 9.74. The number of rotatable bonds is 3. The molecule has 0 aliphatic carbocycles. The molecule has 0 saturated carbocycles. The van der Waals surface area contributed by atoms with Gasteiger partial charge in [0.05, 0.1) is 29.7 Å². The average molecular weight is 581 g/mol. The lowest BCUT2D eigenvalue weighted by Crippen LogP contribution is -1.92. The molecule has 5 aliphatic heterocycles. The van der Waals surface area contributed by atoms with Gasteiger partial charge in [-0.1, -0.05) is 70.6 Å². The molecule has 0 radical (unpaired) electrons. The van der Waals surface area contributed by atoms with Crippen LogP contribution in [0.15, 0.2) is 57.2 Å². The highest BCUT2D eigenvalue weighted by Gasteiger charge is 2.29. The molecule has 0 unspecified atom stereocenters. The molecule has 1 nitrogen and oxygen atoms in total. The van der Waals surface area contributed by atoms with Gasteiger partial charge in [-0.2, -0.15) is 0 Å². The van der Waals surface area contributed by atoms with Crippen LogP contribution in [0.1, 0.15) is 13.8 Å². The predicted octanol–water partition coefficient (Wildman–Crippen LogP) is 9.35. The number of thioether (sulfide) groups is 10. The molecule has 5 rings (SSSR count). The first-order valence-electron chi connectivity index (χ1n) is 9.03. The Morgan fingerprint density at radius 1 is 0.633 bits per heavy atom. The zero-order chi connectivity index (χ0) is 20.7. The Morgan fingerprint density at radius 2 is 1.00 bits per heavy atom. The third kappa shape index (κ3) is 5.30. The van der Waals surface area contributed by atoms with Gasteiger partial charge in [0.1, 0.15) is 0 Å². The van der Waals surface area contributed by atoms with Gasteiger partial charge in [-0.05, 0) is 26.0 Å². The summed E-state index contributed by atoms with van der Waals surface area (Å²) in [5.74, 6) is 5.00. The van der Waals surface area contributed by atoms with Crippen molar-refractivity contribution in [2.75, 3.05) is 23.0 Å². The number of carbonyl (C=O) groups is 1. The zero-order valence-electron chi connectivity index (χ0n) is 16.0. The van der Waals surface area contributed by atoms with E-state index in [9.17, 15) is 4.79 Å². The van der Waals surface area contributed by atoms with Gasteiger partial charge < -0.3 is 0 Å². The highest BCUT2D eigenvalue weighted by Crippen LogP contribution is 2.63. The lowest BCUT2D eigenvalue weighted by atomic mass is 10.2. The van der Waals surface area contributed by atoms with Crippen molar-refractivity contribution in [3.63, 3.8) is 0 Å². The van der Waals surface area contributed by atoms with Crippen LogP contribution in [0.3, 0.4) is 0 Å². The summed E-state index contributed by atoms with van der Waals surface area (Å²) in [7, 11) is 0. The van der Waals surface area contributed by atoms with Crippen LogP contribution >= 0.6 is 118 Å². The fourth-order valence-electron chi connectivity index (χ4n) is 2.62. The lowest BCUT2D eigenvalue weighted by Gasteiger charge is -2.08. The molecule has 0 aromatic carbocycles. The Hall–Kier alpha value is 1.61. The highest BCUT2D eigenvalue weighted by molar-refractivity contribution is 8.42. The van der Waals surface area contributed by atoms with E-state index < -0.39 is 0 Å².